The molecule has 3 heteroatoms. The van der Waals surface area contributed by atoms with Crippen molar-refractivity contribution in [1.82, 2.24) is 0 Å². The van der Waals surface area contributed by atoms with Crippen molar-refractivity contribution in [2.45, 2.75) is 23.6 Å². The maximum absolute atomic E-state index is 5.99. The molecule has 0 radical (unpaired) electrons. The Morgan fingerprint density at radius 2 is 1.46 bits per heavy atom. The van der Waals surface area contributed by atoms with Crippen molar-refractivity contribution in [3.8, 4) is 0 Å². The Morgan fingerprint density at radius 1 is 1.00 bits per heavy atom. The predicted octanol–water partition coefficient (Wildman–Crippen LogP) is 4.56. The molecule has 0 amide bonds. The van der Waals surface area contributed by atoms with E-state index in [1.54, 1.807) is 0 Å². The van der Waals surface area contributed by atoms with Crippen LogP contribution in [0.5, 0.6) is 0 Å². The van der Waals surface area contributed by atoms with Gasteiger partial charge in [0, 0.05) is 14.8 Å². The summed E-state index contributed by atoms with van der Waals surface area (Å²) in [7, 11) is 0. The van der Waals surface area contributed by atoms with Gasteiger partial charge in [0.15, 0.2) is 0 Å². The summed E-state index contributed by atoms with van der Waals surface area (Å²) in [5.41, 5.74) is 0. The molecule has 0 spiro atoms. The molecule has 1 aromatic carbocycles. The molecule has 0 saturated carbocycles. The second-order valence-corrected chi connectivity index (χ2v) is 5.60. The van der Waals surface area contributed by atoms with E-state index >= 15 is 0 Å². The lowest BCUT2D eigenvalue weighted by atomic mass is 10.4. The van der Waals surface area contributed by atoms with Crippen LogP contribution in [0.4, 0.5) is 0 Å². The Hall–Kier alpha value is 0.210. The number of hydrogen-bond donors (Lipinski definition) is 0. The van der Waals surface area contributed by atoms with Crippen LogP contribution >= 0.6 is 35.1 Å². The van der Waals surface area contributed by atoms with Gasteiger partial charge in [-0.2, -0.15) is 0 Å². The van der Waals surface area contributed by atoms with Gasteiger partial charge in [-0.05, 0) is 29.7 Å². The van der Waals surface area contributed by atoms with E-state index in [-0.39, 0.29) is 0 Å². The van der Waals surface area contributed by atoms with Crippen molar-refractivity contribution in [3.05, 3.63) is 23.2 Å². The minimum Gasteiger partial charge on any atom is -0.126 e. The Balaban J connectivity index is 2.83. The van der Waals surface area contributed by atoms with Crippen molar-refractivity contribution in [2.75, 3.05) is 11.5 Å². The molecule has 0 nitrogen and oxygen atoms in total. The first kappa shape index (κ1) is 11.3. The number of hydrogen-bond acceptors (Lipinski definition) is 2. The van der Waals surface area contributed by atoms with Gasteiger partial charge >= 0.3 is 0 Å². The second kappa shape index (κ2) is 5.84. The largest absolute Gasteiger partial charge is 0.126 e. The van der Waals surface area contributed by atoms with Gasteiger partial charge in [0.2, 0.25) is 0 Å². The van der Waals surface area contributed by atoms with Gasteiger partial charge in [-0.1, -0.05) is 25.4 Å². The van der Waals surface area contributed by atoms with E-state index in [0.29, 0.717) is 0 Å². The zero-order valence-corrected chi connectivity index (χ0v) is 10.2. The van der Waals surface area contributed by atoms with E-state index in [9.17, 15) is 0 Å². The third-order valence-electron chi connectivity index (χ3n) is 1.47. The molecule has 0 saturated heterocycles. The molecule has 0 aromatic heterocycles. The van der Waals surface area contributed by atoms with E-state index in [1.165, 1.54) is 9.79 Å². The summed E-state index contributed by atoms with van der Waals surface area (Å²) in [6, 6.07) is 6.25. The third-order valence-corrected chi connectivity index (χ3v) is 3.40. The van der Waals surface area contributed by atoms with Gasteiger partial charge in [-0.15, -0.1) is 23.5 Å². The smallest absolute Gasteiger partial charge is 0.0428 e. The fourth-order valence-electron chi connectivity index (χ4n) is 1.04. The van der Waals surface area contributed by atoms with Crippen LogP contribution in [0.15, 0.2) is 28.0 Å². The van der Waals surface area contributed by atoms with Crippen LogP contribution in [-0.2, 0) is 0 Å². The summed E-state index contributed by atoms with van der Waals surface area (Å²) in [4.78, 5) is 2.54. The monoisotopic (exact) mass is 232 g/mol. The summed E-state index contributed by atoms with van der Waals surface area (Å²) in [6.45, 7) is 4.30. The number of rotatable bonds is 4. The number of halogens is 1. The molecule has 72 valence electrons. The van der Waals surface area contributed by atoms with Crippen molar-refractivity contribution in [1.29, 1.82) is 0 Å². The normalized spacial score (nSPS) is 10.4. The number of thioether (sulfide) groups is 2. The zero-order valence-electron chi connectivity index (χ0n) is 7.84. The van der Waals surface area contributed by atoms with Crippen LogP contribution in [0.3, 0.4) is 0 Å². The zero-order chi connectivity index (χ0) is 9.68. The quantitative estimate of drug-likeness (QED) is 0.698. The van der Waals surface area contributed by atoms with Gasteiger partial charge in [-0.25, -0.2) is 0 Å². The van der Waals surface area contributed by atoms with Gasteiger partial charge in [0.25, 0.3) is 0 Å². The van der Waals surface area contributed by atoms with E-state index in [0.717, 1.165) is 16.5 Å². The van der Waals surface area contributed by atoms with Crippen LogP contribution in [0.2, 0.25) is 5.02 Å². The first-order valence-electron chi connectivity index (χ1n) is 4.32. The van der Waals surface area contributed by atoms with Crippen LogP contribution < -0.4 is 0 Å². The van der Waals surface area contributed by atoms with E-state index in [2.05, 4.69) is 19.9 Å². The minimum atomic E-state index is 0.842. The number of benzene rings is 1. The van der Waals surface area contributed by atoms with Crippen LogP contribution in [0.25, 0.3) is 0 Å². The van der Waals surface area contributed by atoms with Gasteiger partial charge in [-0.3, -0.25) is 0 Å². The molecule has 1 aromatic rings. The standard InChI is InChI=1S/C10H13ClS2/c1-3-12-9-5-8(11)6-10(7-9)13-4-2/h5-7H,3-4H2,1-2H3. The molecule has 1 rings (SSSR count). The molecular weight excluding hydrogens is 220 g/mol. The molecule has 0 heterocycles. The van der Waals surface area contributed by atoms with Crippen molar-refractivity contribution in [2.24, 2.45) is 0 Å². The molecule has 0 bridgehead atoms. The summed E-state index contributed by atoms with van der Waals surface area (Å²) in [5, 5.41) is 0.842. The lowest BCUT2D eigenvalue weighted by molar-refractivity contribution is 1.32. The summed E-state index contributed by atoms with van der Waals surface area (Å²) >= 11 is 9.66. The fourth-order valence-corrected chi connectivity index (χ4v) is 2.98. The van der Waals surface area contributed by atoms with Crippen molar-refractivity contribution in [3.63, 3.8) is 0 Å². The molecule has 13 heavy (non-hydrogen) atoms. The second-order valence-electron chi connectivity index (χ2n) is 2.49. The minimum absolute atomic E-state index is 0.842. The average molecular weight is 233 g/mol. The Bertz CT molecular complexity index is 249. The van der Waals surface area contributed by atoms with Crippen LogP contribution in [-0.4, -0.2) is 11.5 Å². The van der Waals surface area contributed by atoms with Gasteiger partial charge < -0.3 is 0 Å². The highest BCUT2D eigenvalue weighted by Gasteiger charge is 1.99. The molecule has 0 aliphatic carbocycles. The van der Waals surface area contributed by atoms with E-state index < -0.39 is 0 Å². The van der Waals surface area contributed by atoms with E-state index in [1.807, 2.05) is 35.7 Å². The molecule has 0 unspecified atom stereocenters. The maximum Gasteiger partial charge on any atom is 0.0428 e. The molecule has 0 atom stereocenters. The lowest BCUT2D eigenvalue weighted by Crippen LogP contribution is -1.78. The predicted molar refractivity (Wildman–Crippen MR) is 64.2 cm³/mol. The van der Waals surface area contributed by atoms with Gasteiger partial charge in [0.1, 0.15) is 0 Å². The van der Waals surface area contributed by atoms with Gasteiger partial charge in [0.05, 0.1) is 0 Å². The topological polar surface area (TPSA) is 0 Å². The van der Waals surface area contributed by atoms with Crippen molar-refractivity contribution < 1.29 is 0 Å². The SMILES string of the molecule is CCSc1cc(Cl)cc(SCC)c1. The molecule has 0 aliphatic rings. The molecule has 0 N–H and O–H groups in total. The van der Waals surface area contributed by atoms with Crippen molar-refractivity contribution >= 4 is 35.1 Å². The summed E-state index contributed by atoms with van der Waals surface area (Å²) in [5.74, 6) is 2.19. The summed E-state index contributed by atoms with van der Waals surface area (Å²) < 4.78 is 0. The summed E-state index contributed by atoms with van der Waals surface area (Å²) in [6.07, 6.45) is 0. The van der Waals surface area contributed by atoms with Crippen LogP contribution in [0.1, 0.15) is 13.8 Å². The Labute approximate surface area is 93.4 Å². The fraction of sp³-hybridized carbons (Fsp3) is 0.400. The molecular formula is C10H13ClS2. The van der Waals surface area contributed by atoms with Crippen LogP contribution in [0, 0.1) is 0 Å². The third kappa shape index (κ3) is 3.84. The first-order valence-corrected chi connectivity index (χ1v) is 6.67. The average Bonchev–Trinajstić information content (AvgIpc) is 2.04. The highest BCUT2D eigenvalue weighted by molar-refractivity contribution is 8.00. The van der Waals surface area contributed by atoms with E-state index in [4.69, 9.17) is 11.6 Å². The Kier molecular flexibility index (Phi) is 5.07. The lowest BCUT2D eigenvalue weighted by Gasteiger charge is -2.03. The first-order chi connectivity index (χ1) is 6.26. The maximum atomic E-state index is 5.99. The molecule has 0 fully saturated rings. The Morgan fingerprint density at radius 3 is 1.85 bits per heavy atom. The highest BCUT2D eigenvalue weighted by atomic mass is 35.5. The highest BCUT2D eigenvalue weighted by Crippen LogP contribution is 2.28. The molecule has 0 aliphatic heterocycles.